The Morgan fingerprint density at radius 1 is 1.27 bits per heavy atom. The van der Waals surface area contributed by atoms with Gasteiger partial charge in [-0.05, 0) is 36.4 Å². The fourth-order valence-electron chi connectivity index (χ4n) is 3.18. The third-order valence-electron chi connectivity index (χ3n) is 5.97. The van der Waals surface area contributed by atoms with Crippen LogP contribution in [0.5, 0.6) is 0 Å². The van der Waals surface area contributed by atoms with E-state index >= 15 is 0 Å². The van der Waals surface area contributed by atoms with Gasteiger partial charge in [0.2, 0.25) is 5.91 Å². The Bertz CT molecular complexity index is 510. The maximum Gasteiger partial charge on any atom is 0.416 e. The number of carbonyl (C=O) groups is 2. The third-order valence-corrected chi connectivity index (χ3v) is 10.5. The first kappa shape index (κ1) is 23.2. The van der Waals surface area contributed by atoms with Gasteiger partial charge >= 0.3 is 6.09 Å². The standard InChI is InChI=1S/C20H39NO4Si/c1-11-16(25-26(9,10)20(6,7)8)17(14(4)5)18(22)21-15(13(2)3)12-24-19(21)23/h13-17H,11-12H2,1-10H3/t15?,16-,17-/m1/s1. The molecule has 0 aromatic carbocycles. The number of cyclic esters (lactones) is 1. The summed E-state index contributed by atoms with van der Waals surface area (Å²) in [6.07, 6.45) is 0.0437. The number of amides is 2. The van der Waals surface area contributed by atoms with Gasteiger partial charge in [0.05, 0.1) is 18.1 Å². The van der Waals surface area contributed by atoms with Crippen LogP contribution in [-0.2, 0) is 14.0 Å². The number of hydrogen-bond acceptors (Lipinski definition) is 4. The minimum absolute atomic E-state index is 0.0675. The van der Waals surface area contributed by atoms with E-state index in [1.807, 2.05) is 27.7 Å². The fourth-order valence-corrected chi connectivity index (χ4v) is 4.60. The van der Waals surface area contributed by atoms with E-state index in [4.69, 9.17) is 9.16 Å². The number of nitrogens with zero attached hydrogens (tertiary/aromatic N) is 1. The van der Waals surface area contributed by atoms with Gasteiger partial charge in [0.1, 0.15) is 6.61 Å². The van der Waals surface area contributed by atoms with Crippen LogP contribution in [0.25, 0.3) is 0 Å². The molecule has 3 atom stereocenters. The zero-order chi connectivity index (χ0) is 20.4. The smallest absolute Gasteiger partial charge is 0.416 e. The Hall–Kier alpha value is -0.883. The van der Waals surface area contributed by atoms with Gasteiger partial charge in [-0.3, -0.25) is 4.79 Å². The van der Waals surface area contributed by atoms with E-state index in [2.05, 4.69) is 40.8 Å². The first-order chi connectivity index (χ1) is 11.7. The van der Waals surface area contributed by atoms with Gasteiger partial charge in [0, 0.05) is 0 Å². The lowest BCUT2D eigenvalue weighted by atomic mass is 9.87. The molecule has 5 nitrogen and oxygen atoms in total. The van der Waals surface area contributed by atoms with Gasteiger partial charge in [-0.2, -0.15) is 0 Å². The van der Waals surface area contributed by atoms with Crippen molar-refractivity contribution >= 4 is 20.3 Å². The molecule has 26 heavy (non-hydrogen) atoms. The maximum absolute atomic E-state index is 13.4. The summed E-state index contributed by atoms with van der Waals surface area (Å²) in [5, 5.41) is 0.0675. The molecule has 0 saturated carbocycles. The van der Waals surface area contributed by atoms with Gasteiger partial charge < -0.3 is 9.16 Å². The van der Waals surface area contributed by atoms with Gasteiger partial charge in [-0.1, -0.05) is 55.4 Å². The summed E-state index contributed by atoms with van der Waals surface area (Å²) in [6.45, 7) is 21.5. The molecule has 0 bridgehead atoms. The second kappa shape index (κ2) is 8.42. The molecule has 0 spiro atoms. The summed E-state index contributed by atoms with van der Waals surface area (Å²) < 4.78 is 11.8. The highest BCUT2D eigenvalue weighted by Gasteiger charge is 2.47. The minimum Gasteiger partial charge on any atom is -0.447 e. The third kappa shape index (κ3) is 4.88. The number of carbonyl (C=O) groups excluding carboxylic acids is 2. The molecule has 152 valence electrons. The molecule has 0 radical (unpaired) electrons. The lowest BCUT2D eigenvalue weighted by Gasteiger charge is -2.42. The van der Waals surface area contributed by atoms with Crippen molar-refractivity contribution in [1.82, 2.24) is 4.90 Å². The molecule has 1 heterocycles. The van der Waals surface area contributed by atoms with Crippen molar-refractivity contribution in [2.24, 2.45) is 17.8 Å². The van der Waals surface area contributed by atoms with Crippen LogP contribution in [0.1, 0.15) is 61.8 Å². The predicted octanol–water partition coefficient (Wildman–Crippen LogP) is 5.06. The molecule has 1 fully saturated rings. The number of ether oxygens (including phenoxy) is 1. The Morgan fingerprint density at radius 3 is 2.19 bits per heavy atom. The summed E-state index contributed by atoms with van der Waals surface area (Å²) >= 11 is 0. The van der Waals surface area contributed by atoms with Crippen LogP contribution in [0.15, 0.2) is 0 Å². The van der Waals surface area contributed by atoms with Crippen LogP contribution >= 0.6 is 0 Å². The molecule has 0 aromatic rings. The van der Waals surface area contributed by atoms with Gasteiger partial charge in [-0.15, -0.1) is 0 Å². The van der Waals surface area contributed by atoms with E-state index in [0.717, 1.165) is 6.42 Å². The van der Waals surface area contributed by atoms with Crippen LogP contribution in [0.3, 0.4) is 0 Å². The Balaban J connectivity index is 3.16. The van der Waals surface area contributed by atoms with Crippen molar-refractivity contribution in [1.29, 1.82) is 0 Å². The lowest BCUT2D eigenvalue weighted by Crippen LogP contribution is -2.52. The number of imide groups is 1. The second-order valence-electron chi connectivity index (χ2n) is 9.69. The Morgan fingerprint density at radius 2 is 1.81 bits per heavy atom. The molecule has 1 rings (SSSR count). The molecule has 1 unspecified atom stereocenters. The molecule has 0 N–H and O–H groups in total. The first-order valence-corrected chi connectivity index (χ1v) is 12.8. The first-order valence-electron chi connectivity index (χ1n) is 9.92. The minimum atomic E-state index is -2.03. The number of rotatable bonds is 7. The van der Waals surface area contributed by atoms with Crippen LogP contribution in [0.2, 0.25) is 18.1 Å². The molecule has 1 aliphatic rings. The van der Waals surface area contributed by atoms with Crippen molar-refractivity contribution < 1.29 is 18.8 Å². The normalized spacial score (nSPS) is 21.3. The zero-order valence-electron chi connectivity index (χ0n) is 18.4. The van der Waals surface area contributed by atoms with Crippen LogP contribution in [0, 0.1) is 17.8 Å². The van der Waals surface area contributed by atoms with Crippen molar-refractivity contribution in [2.45, 2.75) is 92.1 Å². The Labute approximate surface area is 160 Å². The molecule has 2 amide bonds. The van der Waals surface area contributed by atoms with E-state index in [9.17, 15) is 9.59 Å². The second-order valence-corrected chi connectivity index (χ2v) is 14.4. The predicted molar refractivity (Wildman–Crippen MR) is 108 cm³/mol. The monoisotopic (exact) mass is 385 g/mol. The molecule has 6 heteroatoms. The van der Waals surface area contributed by atoms with Gasteiger partial charge in [0.15, 0.2) is 8.32 Å². The van der Waals surface area contributed by atoms with Crippen molar-refractivity contribution in [2.75, 3.05) is 6.61 Å². The van der Waals surface area contributed by atoms with Gasteiger partial charge in [0.25, 0.3) is 0 Å². The highest BCUT2D eigenvalue weighted by atomic mass is 28.4. The highest BCUT2D eigenvalue weighted by molar-refractivity contribution is 6.74. The largest absolute Gasteiger partial charge is 0.447 e. The SMILES string of the molecule is CC[C@@H](O[Si](C)(C)C(C)(C)C)[C@H](C(=O)N1C(=O)OCC1C(C)C)C(C)C. The van der Waals surface area contributed by atoms with E-state index in [-0.39, 0.29) is 47.5 Å². The summed E-state index contributed by atoms with van der Waals surface area (Å²) in [6, 6.07) is -0.193. The van der Waals surface area contributed by atoms with E-state index in [1.54, 1.807) is 0 Å². The highest BCUT2D eigenvalue weighted by Crippen LogP contribution is 2.40. The summed E-state index contributed by atoms with van der Waals surface area (Å²) in [5.74, 6) is -0.245. The Kier molecular flexibility index (Phi) is 7.50. The summed E-state index contributed by atoms with van der Waals surface area (Å²) in [7, 11) is -2.03. The molecule has 1 aliphatic heterocycles. The molecule has 0 aliphatic carbocycles. The lowest BCUT2D eigenvalue weighted by molar-refractivity contribution is -0.139. The molecule has 0 aromatic heterocycles. The maximum atomic E-state index is 13.4. The average molecular weight is 386 g/mol. The van der Waals surface area contributed by atoms with E-state index < -0.39 is 14.4 Å². The molecule has 1 saturated heterocycles. The van der Waals surface area contributed by atoms with Crippen LogP contribution < -0.4 is 0 Å². The quantitative estimate of drug-likeness (QED) is 0.575. The van der Waals surface area contributed by atoms with Crippen molar-refractivity contribution in [3.63, 3.8) is 0 Å². The fraction of sp³-hybridized carbons (Fsp3) is 0.900. The van der Waals surface area contributed by atoms with E-state index in [0.29, 0.717) is 0 Å². The summed E-state index contributed by atoms with van der Waals surface area (Å²) in [4.78, 5) is 27.0. The van der Waals surface area contributed by atoms with E-state index in [1.165, 1.54) is 4.90 Å². The number of hydrogen-bond donors (Lipinski definition) is 0. The van der Waals surface area contributed by atoms with Crippen LogP contribution in [-0.4, -0.2) is 44.0 Å². The molecular weight excluding hydrogens is 346 g/mol. The van der Waals surface area contributed by atoms with Crippen molar-refractivity contribution in [3.8, 4) is 0 Å². The van der Waals surface area contributed by atoms with Gasteiger partial charge in [-0.25, -0.2) is 9.69 Å². The topological polar surface area (TPSA) is 55.8 Å². The van der Waals surface area contributed by atoms with Crippen molar-refractivity contribution in [3.05, 3.63) is 0 Å². The zero-order valence-corrected chi connectivity index (χ0v) is 19.4. The van der Waals surface area contributed by atoms with Crippen LogP contribution in [0.4, 0.5) is 4.79 Å². The summed E-state index contributed by atoms with van der Waals surface area (Å²) in [5.41, 5.74) is 0. The molecular formula is C20H39NO4Si. The average Bonchev–Trinajstić information content (AvgIpc) is 2.86.